The molecule has 6 heteroatoms. The Hall–Kier alpha value is -2.50. The Balaban J connectivity index is 1.47. The van der Waals surface area contributed by atoms with E-state index in [4.69, 9.17) is 4.74 Å². The Morgan fingerprint density at radius 2 is 2.33 bits per heavy atom. The van der Waals surface area contributed by atoms with E-state index in [0.717, 1.165) is 25.0 Å². The lowest BCUT2D eigenvalue weighted by atomic mass is 9.82. The van der Waals surface area contributed by atoms with Gasteiger partial charge in [0.25, 0.3) is 0 Å². The zero-order valence-electron chi connectivity index (χ0n) is 14.0. The van der Waals surface area contributed by atoms with Crippen LogP contribution in [0.5, 0.6) is 5.75 Å². The molecule has 2 aromatic rings. The van der Waals surface area contributed by atoms with E-state index >= 15 is 0 Å². The average Bonchev–Trinajstić information content (AvgIpc) is 3.12. The van der Waals surface area contributed by atoms with Gasteiger partial charge < -0.3 is 15.4 Å². The van der Waals surface area contributed by atoms with E-state index in [1.165, 1.54) is 11.1 Å². The van der Waals surface area contributed by atoms with Gasteiger partial charge in [-0.2, -0.15) is 5.10 Å². The van der Waals surface area contributed by atoms with Gasteiger partial charge in [-0.15, -0.1) is 0 Å². The molecule has 0 bridgehead atoms. The molecule has 0 saturated heterocycles. The summed E-state index contributed by atoms with van der Waals surface area (Å²) in [5.74, 6) is 1.27. The number of carbonyl (C=O) groups excluding carboxylic acids is 1. The molecular weight excluding hydrogens is 304 g/mol. The first kappa shape index (κ1) is 16.4. The number of nitrogens with zero attached hydrogens (tertiary/aromatic N) is 2. The fourth-order valence-electron chi connectivity index (χ4n) is 3.23. The minimum absolute atomic E-state index is 0.122. The quantitative estimate of drug-likeness (QED) is 0.855. The lowest BCUT2D eigenvalue weighted by Gasteiger charge is -2.26. The topological polar surface area (TPSA) is 68.2 Å². The molecule has 0 spiro atoms. The van der Waals surface area contributed by atoms with Crippen LogP contribution in [-0.2, 0) is 13.0 Å². The number of hydrogen-bond donors (Lipinski definition) is 2. The van der Waals surface area contributed by atoms with Crippen LogP contribution in [0, 0.1) is 0 Å². The molecule has 0 saturated carbocycles. The molecule has 128 valence electrons. The standard InChI is InChI=1S/C18H24N4O2/c1-24-16-6-7-17-14(12-16)4-2-5-15(17)13-20-18(23)19-9-11-22-10-3-8-21-22/h3,6-8,10,12,15H,2,4-5,9,11,13H2,1H3,(H2,19,20,23). The van der Waals surface area contributed by atoms with E-state index < -0.39 is 0 Å². The fourth-order valence-corrected chi connectivity index (χ4v) is 3.23. The largest absolute Gasteiger partial charge is 0.497 e. The van der Waals surface area contributed by atoms with Gasteiger partial charge in [-0.3, -0.25) is 4.68 Å². The van der Waals surface area contributed by atoms with Crippen LogP contribution in [0.2, 0.25) is 0 Å². The van der Waals surface area contributed by atoms with Crippen LogP contribution in [0.3, 0.4) is 0 Å². The van der Waals surface area contributed by atoms with Crippen LogP contribution < -0.4 is 15.4 Å². The molecule has 1 aromatic carbocycles. The molecule has 2 amide bonds. The lowest BCUT2D eigenvalue weighted by Crippen LogP contribution is -2.39. The smallest absolute Gasteiger partial charge is 0.314 e. The number of methoxy groups -OCH3 is 1. The SMILES string of the molecule is COc1ccc2c(c1)CCCC2CNC(=O)NCCn1cccn1. The van der Waals surface area contributed by atoms with Gasteiger partial charge >= 0.3 is 6.03 Å². The zero-order valence-corrected chi connectivity index (χ0v) is 14.0. The first-order chi connectivity index (χ1) is 11.8. The van der Waals surface area contributed by atoms with E-state index in [9.17, 15) is 4.79 Å². The van der Waals surface area contributed by atoms with Crippen LogP contribution in [0.1, 0.15) is 29.9 Å². The number of aryl methyl sites for hydroxylation is 1. The Labute approximate surface area is 142 Å². The number of benzene rings is 1. The molecule has 2 N–H and O–H groups in total. The molecule has 1 heterocycles. The Bertz CT molecular complexity index is 670. The lowest BCUT2D eigenvalue weighted by molar-refractivity contribution is 0.239. The molecule has 0 radical (unpaired) electrons. The molecule has 1 aromatic heterocycles. The van der Waals surface area contributed by atoms with Crippen LogP contribution in [0.25, 0.3) is 0 Å². The van der Waals surface area contributed by atoms with E-state index in [1.807, 2.05) is 18.3 Å². The normalized spacial score (nSPS) is 16.3. The van der Waals surface area contributed by atoms with Crippen molar-refractivity contribution in [3.63, 3.8) is 0 Å². The van der Waals surface area contributed by atoms with E-state index in [2.05, 4.69) is 27.9 Å². The Morgan fingerprint density at radius 3 is 3.12 bits per heavy atom. The molecule has 1 aliphatic carbocycles. The van der Waals surface area contributed by atoms with Gasteiger partial charge in [-0.1, -0.05) is 6.07 Å². The second-order valence-corrected chi connectivity index (χ2v) is 6.06. The van der Waals surface area contributed by atoms with Crippen molar-refractivity contribution in [3.8, 4) is 5.75 Å². The van der Waals surface area contributed by atoms with Gasteiger partial charge in [-0.05, 0) is 48.6 Å². The summed E-state index contributed by atoms with van der Waals surface area (Å²) in [5, 5.41) is 9.97. The summed E-state index contributed by atoms with van der Waals surface area (Å²) in [5.41, 5.74) is 2.67. The molecule has 1 unspecified atom stereocenters. The monoisotopic (exact) mass is 328 g/mol. The summed E-state index contributed by atoms with van der Waals surface area (Å²) in [7, 11) is 1.69. The third-order valence-electron chi connectivity index (χ3n) is 4.48. The van der Waals surface area contributed by atoms with Gasteiger partial charge in [-0.25, -0.2) is 4.79 Å². The molecule has 24 heavy (non-hydrogen) atoms. The van der Waals surface area contributed by atoms with Crippen LogP contribution >= 0.6 is 0 Å². The van der Waals surface area contributed by atoms with Crippen molar-refractivity contribution < 1.29 is 9.53 Å². The Morgan fingerprint density at radius 1 is 1.42 bits per heavy atom. The minimum Gasteiger partial charge on any atom is -0.497 e. The van der Waals surface area contributed by atoms with Gasteiger partial charge in [0, 0.05) is 31.4 Å². The number of amides is 2. The highest BCUT2D eigenvalue weighted by molar-refractivity contribution is 5.73. The molecule has 0 fully saturated rings. The van der Waals surface area contributed by atoms with Crippen molar-refractivity contribution in [2.24, 2.45) is 0 Å². The highest BCUT2D eigenvalue weighted by Crippen LogP contribution is 2.33. The first-order valence-electron chi connectivity index (χ1n) is 8.42. The Kier molecular flexibility index (Phi) is 5.36. The maximum absolute atomic E-state index is 12.0. The van der Waals surface area contributed by atoms with E-state index in [0.29, 0.717) is 25.6 Å². The molecule has 1 atom stereocenters. The molecule has 3 rings (SSSR count). The van der Waals surface area contributed by atoms with Gasteiger partial charge in [0.15, 0.2) is 0 Å². The van der Waals surface area contributed by atoms with Crippen molar-refractivity contribution >= 4 is 6.03 Å². The molecular formula is C18H24N4O2. The zero-order chi connectivity index (χ0) is 16.8. The predicted octanol–water partition coefficient (Wildman–Crippen LogP) is 2.31. The summed E-state index contributed by atoms with van der Waals surface area (Å²) in [6.07, 6.45) is 6.95. The second kappa shape index (κ2) is 7.86. The van der Waals surface area contributed by atoms with E-state index in [-0.39, 0.29) is 6.03 Å². The number of aromatic nitrogens is 2. The maximum atomic E-state index is 12.0. The summed E-state index contributed by atoms with van der Waals surface area (Å²) >= 11 is 0. The number of fused-ring (bicyclic) bond motifs is 1. The average molecular weight is 328 g/mol. The number of rotatable bonds is 6. The van der Waals surface area contributed by atoms with E-state index in [1.54, 1.807) is 18.0 Å². The predicted molar refractivity (Wildman–Crippen MR) is 92.3 cm³/mol. The summed E-state index contributed by atoms with van der Waals surface area (Å²) in [6, 6.07) is 8.00. The van der Waals surface area contributed by atoms with Crippen LogP contribution in [0.4, 0.5) is 4.79 Å². The maximum Gasteiger partial charge on any atom is 0.314 e. The highest BCUT2D eigenvalue weighted by Gasteiger charge is 2.21. The van der Waals surface area contributed by atoms with Gasteiger partial charge in [0.05, 0.1) is 13.7 Å². The van der Waals surface area contributed by atoms with Crippen LogP contribution in [0.15, 0.2) is 36.7 Å². The third-order valence-corrected chi connectivity index (χ3v) is 4.48. The second-order valence-electron chi connectivity index (χ2n) is 6.06. The summed E-state index contributed by atoms with van der Waals surface area (Å²) in [6.45, 7) is 1.89. The summed E-state index contributed by atoms with van der Waals surface area (Å²) in [4.78, 5) is 12.0. The number of hydrogen-bond acceptors (Lipinski definition) is 3. The fraction of sp³-hybridized carbons (Fsp3) is 0.444. The number of urea groups is 1. The van der Waals surface area contributed by atoms with Crippen molar-refractivity contribution in [3.05, 3.63) is 47.8 Å². The first-order valence-corrected chi connectivity index (χ1v) is 8.42. The van der Waals surface area contributed by atoms with Gasteiger partial charge in [0.1, 0.15) is 5.75 Å². The van der Waals surface area contributed by atoms with Crippen molar-refractivity contribution in [2.75, 3.05) is 20.2 Å². The van der Waals surface area contributed by atoms with Gasteiger partial charge in [0.2, 0.25) is 0 Å². The third kappa shape index (κ3) is 4.07. The number of ether oxygens (including phenoxy) is 1. The van der Waals surface area contributed by atoms with Crippen molar-refractivity contribution in [1.82, 2.24) is 20.4 Å². The highest BCUT2D eigenvalue weighted by atomic mass is 16.5. The number of carbonyl (C=O) groups is 1. The minimum atomic E-state index is -0.122. The molecule has 1 aliphatic rings. The van der Waals surface area contributed by atoms with Crippen molar-refractivity contribution in [1.29, 1.82) is 0 Å². The van der Waals surface area contributed by atoms with Crippen molar-refractivity contribution in [2.45, 2.75) is 31.7 Å². The van der Waals surface area contributed by atoms with Crippen LogP contribution in [-0.4, -0.2) is 36.0 Å². The molecule has 6 nitrogen and oxygen atoms in total. The summed E-state index contributed by atoms with van der Waals surface area (Å²) < 4.78 is 7.10. The molecule has 0 aliphatic heterocycles. The number of nitrogens with one attached hydrogen (secondary N) is 2.